The van der Waals surface area contributed by atoms with E-state index in [-0.39, 0.29) is 9.79 Å². The van der Waals surface area contributed by atoms with Gasteiger partial charge in [-0.25, -0.2) is 13.4 Å². The number of benzene rings is 1. The van der Waals surface area contributed by atoms with E-state index < -0.39 is 19.9 Å². The predicted octanol–water partition coefficient (Wildman–Crippen LogP) is 2.45. The number of pyridine rings is 2. The van der Waals surface area contributed by atoms with Crippen molar-refractivity contribution < 1.29 is 16.8 Å². The number of hydrogen-bond donors (Lipinski definition) is 0. The first-order valence-electron chi connectivity index (χ1n) is 9.37. The van der Waals surface area contributed by atoms with Gasteiger partial charge in [0.05, 0.1) is 23.0 Å². The molecule has 3 aromatic heterocycles. The first kappa shape index (κ1) is 21.7. The molecule has 0 radical (unpaired) electrons. The molecule has 0 aliphatic rings. The number of nitrogens with zero attached hydrogens (tertiary/aromatic N) is 5. The van der Waals surface area contributed by atoms with E-state index >= 15 is 0 Å². The number of sulfone groups is 1. The van der Waals surface area contributed by atoms with E-state index in [9.17, 15) is 16.8 Å². The lowest BCUT2D eigenvalue weighted by atomic mass is 10.1. The number of hydrazone groups is 1. The molecule has 4 aromatic rings. The Kier molecular flexibility index (Phi) is 5.53. The highest BCUT2D eigenvalue weighted by Gasteiger charge is 2.26. The summed E-state index contributed by atoms with van der Waals surface area (Å²) in [7, 11) is -6.69. The normalized spacial score (nSPS) is 12.4. The molecular formula is C21H19N5O4S2. The van der Waals surface area contributed by atoms with Crippen LogP contribution in [-0.2, 0) is 19.9 Å². The van der Waals surface area contributed by atoms with Crippen molar-refractivity contribution in [1.29, 1.82) is 0 Å². The summed E-state index contributed by atoms with van der Waals surface area (Å²) in [6.45, 7) is 0. The Morgan fingerprint density at radius 2 is 1.69 bits per heavy atom. The number of hydrogen-bond acceptors (Lipinski definition) is 7. The van der Waals surface area contributed by atoms with Crippen molar-refractivity contribution in [1.82, 2.24) is 18.8 Å². The monoisotopic (exact) mass is 469 g/mol. The maximum atomic E-state index is 13.0. The van der Waals surface area contributed by atoms with Crippen molar-refractivity contribution in [3.63, 3.8) is 0 Å². The van der Waals surface area contributed by atoms with Gasteiger partial charge in [0.25, 0.3) is 10.0 Å². The first-order valence-corrected chi connectivity index (χ1v) is 12.7. The van der Waals surface area contributed by atoms with Crippen LogP contribution in [0.4, 0.5) is 0 Å². The van der Waals surface area contributed by atoms with Crippen LogP contribution in [0.1, 0.15) is 5.69 Å². The molecule has 0 aliphatic carbocycles. The maximum Gasteiger partial charge on any atom is 0.280 e. The quantitative estimate of drug-likeness (QED) is 0.317. The second kappa shape index (κ2) is 8.17. The van der Waals surface area contributed by atoms with Crippen molar-refractivity contribution in [2.75, 3.05) is 13.3 Å². The third-order valence-corrected chi connectivity index (χ3v) is 7.74. The van der Waals surface area contributed by atoms with E-state index in [2.05, 4.69) is 15.1 Å². The van der Waals surface area contributed by atoms with Crippen molar-refractivity contribution in [3.05, 3.63) is 79.0 Å². The van der Waals surface area contributed by atoms with E-state index in [0.29, 0.717) is 11.3 Å². The lowest BCUT2D eigenvalue weighted by Gasteiger charge is -2.15. The Balaban J connectivity index is 1.69. The Bertz CT molecular complexity index is 1530. The molecule has 0 N–H and O–H groups in total. The number of fused-ring (bicyclic) bond motifs is 1. The molecule has 0 fully saturated rings. The average molecular weight is 470 g/mol. The fraction of sp³-hybridized carbons (Fsp3) is 0.0952. The minimum atomic E-state index is -4.19. The van der Waals surface area contributed by atoms with Gasteiger partial charge in [-0.05, 0) is 30.3 Å². The fourth-order valence-corrected chi connectivity index (χ4v) is 5.67. The topological polar surface area (TPSA) is 114 Å². The fourth-order valence-electron chi connectivity index (χ4n) is 3.11. The van der Waals surface area contributed by atoms with Gasteiger partial charge in [0.15, 0.2) is 9.84 Å². The standard InChI is InChI=1S/C21H19N5O4S2/c1-25(32(29,30)20-8-4-3-7-19(20)31(2,27)28)24-14-18-13-23-21-10-9-17(15-26(18)21)16-6-5-11-22-12-16/h3-15H,1-2H3. The smallest absolute Gasteiger partial charge is 0.280 e. The van der Waals surface area contributed by atoms with Gasteiger partial charge in [-0.1, -0.05) is 18.2 Å². The summed E-state index contributed by atoms with van der Waals surface area (Å²) in [6, 6.07) is 12.9. The molecule has 0 atom stereocenters. The van der Waals surface area contributed by atoms with Crippen LogP contribution >= 0.6 is 0 Å². The van der Waals surface area contributed by atoms with E-state index in [1.165, 1.54) is 37.5 Å². The van der Waals surface area contributed by atoms with Gasteiger partial charge < -0.3 is 0 Å². The highest BCUT2D eigenvalue weighted by molar-refractivity contribution is 7.93. The molecule has 32 heavy (non-hydrogen) atoms. The van der Waals surface area contributed by atoms with Crippen molar-refractivity contribution >= 4 is 31.7 Å². The van der Waals surface area contributed by atoms with Gasteiger partial charge in [0.2, 0.25) is 0 Å². The first-order chi connectivity index (χ1) is 15.2. The third kappa shape index (κ3) is 4.12. The van der Waals surface area contributed by atoms with Crippen molar-refractivity contribution in [3.8, 4) is 11.1 Å². The Hall–Kier alpha value is -3.57. The van der Waals surface area contributed by atoms with Gasteiger partial charge in [-0.3, -0.25) is 9.38 Å². The summed E-state index contributed by atoms with van der Waals surface area (Å²) < 4.78 is 52.5. The summed E-state index contributed by atoms with van der Waals surface area (Å²) in [5.41, 5.74) is 3.03. The van der Waals surface area contributed by atoms with Gasteiger partial charge in [0.1, 0.15) is 10.5 Å². The second-order valence-electron chi connectivity index (χ2n) is 6.97. The molecule has 0 saturated heterocycles. The minimum absolute atomic E-state index is 0.280. The zero-order valence-electron chi connectivity index (χ0n) is 17.2. The number of rotatable bonds is 6. The summed E-state index contributed by atoms with van der Waals surface area (Å²) in [4.78, 5) is 7.82. The van der Waals surface area contributed by atoms with Gasteiger partial charge >= 0.3 is 0 Å². The van der Waals surface area contributed by atoms with Crippen LogP contribution in [0.3, 0.4) is 0 Å². The number of imidazole rings is 1. The molecule has 0 aliphatic heterocycles. The van der Waals surface area contributed by atoms with Crippen LogP contribution in [0, 0.1) is 0 Å². The van der Waals surface area contributed by atoms with E-state index in [1.807, 2.05) is 30.5 Å². The zero-order chi connectivity index (χ0) is 22.9. The molecule has 0 unspecified atom stereocenters. The molecule has 11 heteroatoms. The van der Waals surface area contributed by atoms with Crippen LogP contribution < -0.4 is 0 Å². The summed E-state index contributed by atoms with van der Waals surface area (Å²) in [5.74, 6) is 0. The largest absolute Gasteiger partial charge is 0.298 e. The van der Waals surface area contributed by atoms with Crippen LogP contribution in [0.2, 0.25) is 0 Å². The maximum absolute atomic E-state index is 13.0. The molecule has 9 nitrogen and oxygen atoms in total. The Labute approximate surface area is 185 Å². The van der Waals surface area contributed by atoms with Gasteiger partial charge in [0, 0.05) is 43.0 Å². The molecule has 0 bridgehead atoms. The van der Waals surface area contributed by atoms with Crippen LogP contribution in [-0.4, -0.2) is 55.1 Å². The molecule has 4 rings (SSSR count). The summed E-state index contributed by atoms with van der Waals surface area (Å²) >= 11 is 0. The van der Waals surface area contributed by atoms with E-state index in [4.69, 9.17) is 0 Å². The molecule has 0 amide bonds. The Morgan fingerprint density at radius 3 is 2.38 bits per heavy atom. The van der Waals surface area contributed by atoms with Crippen LogP contribution in [0.25, 0.3) is 16.8 Å². The highest BCUT2D eigenvalue weighted by Crippen LogP contribution is 2.24. The number of aromatic nitrogens is 3. The van der Waals surface area contributed by atoms with Crippen molar-refractivity contribution in [2.45, 2.75) is 9.79 Å². The second-order valence-corrected chi connectivity index (χ2v) is 10.9. The lowest BCUT2D eigenvalue weighted by Crippen LogP contribution is -2.24. The predicted molar refractivity (Wildman–Crippen MR) is 121 cm³/mol. The molecule has 0 spiro atoms. The van der Waals surface area contributed by atoms with Crippen LogP contribution in [0.15, 0.2) is 88.2 Å². The molecule has 1 aromatic carbocycles. The summed E-state index contributed by atoms with van der Waals surface area (Å²) in [5, 5.41) is 4.04. The van der Waals surface area contributed by atoms with Crippen molar-refractivity contribution in [2.24, 2.45) is 5.10 Å². The van der Waals surface area contributed by atoms with Gasteiger partial charge in [-0.15, -0.1) is 0 Å². The lowest BCUT2D eigenvalue weighted by molar-refractivity contribution is 0.488. The minimum Gasteiger partial charge on any atom is -0.298 e. The Morgan fingerprint density at radius 1 is 0.938 bits per heavy atom. The highest BCUT2D eigenvalue weighted by atomic mass is 32.2. The average Bonchev–Trinajstić information content (AvgIpc) is 3.19. The molecule has 0 saturated carbocycles. The van der Waals surface area contributed by atoms with Crippen LogP contribution in [0.5, 0.6) is 0 Å². The third-order valence-electron chi connectivity index (χ3n) is 4.76. The van der Waals surface area contributed by atoms with E-state index in [1.54, 1.807) is 23.0 Å². The SMILES string of the molecule is CN(N=Cc1cnc2ccc(-c3cccnc3)cn12)S(=O)(=O)c1ccccc1S(C)(=O)=O. The summed E-state index contributed by atoms with van der Waals surface area (Å²) in [6.07, 6.45) is 9.17. The van der Waals surface area contributed by atoms with Gasteiger partial charge in [-0.2, -0.15) is 17.9 Å². The molecule has 164 valence electrons. The molecular weight excluding hydrogens is 450 g/mol. The zero-order valence-corrected chi connectivity index (χ0v) is 18.8. The molecule has 3 heterocycles. The number of sulfonamides is 1. The van der Waals surface area contributed by atoms with E-state index in [0.717, 1.165) is 21.8 Å².